The van der Waals surface area contributed by atoms with Gasteiger partial charge in [-0.2, -0.15) is 4.98 Å². The first kappa shape index (κ1) is 17.7. The van der Waals surface area contributed by atoms with E-state index >= 15 is 0 Å². The number of likely N-dealkylation sites (tertiary alicyclic amines) is 1. The van der Waals surface area contributed by atoms with Gasteiger partial charge in [-0.05, 0) is 25.0 Å². The Hall–Kier alpha value is -2.70. The van der Waals surface area contributed by atoms with E-state index in [9.17, 15) is 4.79 Å². The quantitative estimate of drug-likeness (QED) is 0.691. The van der Waals surface area contributed by atoms with Crippen LogP contribution in [0.1, 0.15) is 56.7 Å². The van der Waals surface area contributed by atoms with Crippen molar-refractivity contribution in [2.24, 2.45) is 0 Å². The van der Waals surface area contributed by atoms with Gasteiger partial charge >= 0.3 is 0 Å². The lowest BCUT2D eigenvalue weighted by Gasteiger charge is -2.31. The van der Waals surface area contributed by atoms with Gasteiger partial charge in [-0.15, -0.1) is 0 Å². The van der Waals surface area contributed by atoms with E-state index in [0.717, 1.165) is 36.2 Å². The Morgan fingerprint density at radius 2 is 2.19 bits per heavy atom. The summed E-state index contributed by atoms with van der Waals surface area (Å²) in [5, 5.41) is 4.06. The van der Waals surface area contributed by atoms with Crippen molar-refractivity contribution in [1.29, 1.82) is 0 Å². The Bertz CT molecular complexity index is 929. The zero-order valence-electron chi connectivity index (χ0n) is 15.8. The number of imidazole rings is 1. The number of aryl methyl sites for hydroxylation is 1. The minimum Gasteiger partial charge on any atom is -0.342 e. The maximum atomic E-state index is 12.7. The highest BCUT2D eigenvalue weighted by Crippen LogP contribution is 2.27. The third-order valence-electron chi connectivity index (χ3n) is 5.19. The molecule has 0 N–H and O–H groups in total. The molecule has 3 aromatic rings. The minimum atomic E-state index is 0.136. The predicted octanol–water partition coefficient (Wildman–Crippen LogP) is 3.34. The molecule has 1 aliphatic rings. The van der Waals surface area contributed by atoms with Gasteiger partial charge in [0.05, 0.1) is 23.3 Å². The van der Waals surface area contributed by atoms with Gasteiger partial charge in [-0.1, -0.05) is 31.1 Å². The maximum Gasteiger partial charge on any atom is 0.231 e. The molecule has 27 heavy (non-hydrogen) atoms. The molecule has 0 spiro atoms. The summed E-state index contributed by atoms with van der Waals surface area (Å²) in [5.41, 5.74) is 2.02. The summed E-state index contributed by atoms with van der Waals surface area (Å²) in [7, 11) is 0. The Balaban J connectivity index is 1.38. The fourth-order valence-electron chi connectivity index (χ4n) is 3.62. The first-order valence-corrected chi connectivity index (χ1v) is 9.63. The highest BCUT2D eigenvalue weighted by molar-refractivity contribution is 5.77. The second kappa shape index (κ2) is 7.50. The van der Waals surface area contributed by atoms with Gasteiger partial charge in [-0.3, -0.25) is 4.79 Å². The van der Waals surface area contributed by atoms with Gasteiger partial charge in [0, 0.05) is 32.0 Å². The molecule has 2 aromatic heterocycles. The average molecular weight is 367 g/mol. The Labute approximate surface area is 158 Å². The lowest BCUT2D eigenvalue weighted by Crippen LogP contribution is -2.39. The standard InChI is InChI=1S/C20H25N5O2/c1-14(2)19-22-20(27-23-19)15-6-5-10-24(12-15)18(26)9-11-25-13-21-16-7-3-4-8-17(16)25/h3-4,7-8,13-15H,5-6,9-12H2,1-2H3. The highest BCUT2D eigenvalue weighted by atomic mass is 16.5. The fourth-order valence-corrected chi connectivity index (χ4v) is 3.62. The summed E-state index contributed by atoms with van der Waals surface area (Å²) in [6, 6.07) is 7.98. The monoisotopic (exact) mass is 367 g/mol. The van der Waals surface area contributed by atoms with Crippen molar-refractivity contribution >= 4 is 16.9 Å². The van der Waals surface area contributed by atoms with Gasteiger partial charge in [0.25, 0.3) is 0 Å². The number of fused-ring (bicyclic) bond motifs is 1. The maximum absolute atomic E-state index is 12.7. The molecule has 0 aliphatic carbocycles. The molecule has 1 saturated heterocycles. The summed E-state index contributed by atoms with van der Waals surface area (Å²) in [4.78, 5) is 23.6. The van der Waals surface area contributed by atoms with Crippen molar-refractivity contribution < 1.29 is 9.32 Å². The Morgan fingerprint density at radius 1 is 1.33 bits per heavy atom. The molecular weight excluding hydrogens is 342 g/mol. The van der Waals surface area contributed by atoms with E-state index in [1.807, 2.05) is 53.9 Å². The van der Waals surface area contributed by atoms with Crippen LogP contribution in [0, 0.1) is 0 Å². The first-order valence-electron chi connectivity index (χ1n) is 9.63. The van der Waals surface area contributed by atoms with E-state index in [2.05, 4.69) is 15.1 Å². The van der Waals surface area contributed by atoms with Crippen LogP contribution in [0.5, 0.6) is 0 Å². The van der Waals surface area contributed by atoms with Crippen LogP contribution in [-0.2, 0) is 11.3 Å². The number of hydrogen-bond donors (Lipinski definition) is 0. The van der Waals surface area contributed by atoms with Gasteiger partial charge in [0.2, 0.25) is 11.8 Å². The van der Waals surface area contributed by atoms with E-state index in [0.29, 0.717) is 25.4 Å². The number of hydrogen-bond acceptors (Lipinski definition) is 5. The van der Waals surface area contributed by atoms with Gasteiger partial charge in [-0.25, -0.2) is 4.98 Å². The lowest BCUT2D eigenvalue weighted by atomic mass is 9.97. The molecule has 0 radical (unpaired) electrons. The number of piperidine rings is 1. The molecule has 1 aliphatic heterocycles. The largest absolute Gasteiger partial charge is 0.342 e. The molecule has 1 amide bonds. The van der Waals surface area contributed by atoms with E-state index in [1.54, 1.807) is 0 Å². The van der Waals surface area contributed by atoms with E-state index < -0.39 is 0 Å². The number of amides is 1. The van der Waals surface area contributed by atoms with Crippen molar-refractivity contribution in [3.8, 4) is 0 Å². The first-order chi connectivity index (χ1) is 13.1. The second-order valence-electron chi connectivity index (χ2n) is 7.50. The molecule has 1 unspecified atom stereocenters. The van der Waals surface area contributed by atoms with E-state index in [1.165, 1.54) is 0 Å². The summed E-state index contributed by atoms with van der Waals surface area (Å²) < 4.78 is 7.49. The number of nitrogens with zero attached hydrogens (tertiary/aromatic N) is 5. The average Bonchev–Trinajstić information content (AvgIpc) is 3.34. The van der Waals surface area contributed by atoms with Crippen molar-refractivity contribution in [2.75, 3.05) is 13.1 Å². The Morgan fingerprint density at radius 3 is 3.00 bits per heavy atom. The zero-order chi connectivity index (χ0) is 18.8. The van der Waals surface area contributed by atoms with E-state index in [4.69, 9.17) is 4.52 Å². The number of para-hydroxylation sites is 2. The van der Waals surface area contributed by atoms with E-state index in [-0.39, 0.29) is 17.7 Å². The van der Waals surface area contributed by atoms with Crippen LogP contribution < -0.4 is 0 Å². The van der Waals surface area contributed by atoms with Crippen LogP contribution in [0.4, 0.5) is 0 Å². The minimum absolute atomic E-state index is 0.136. The van der Waals surface area contributed by atoms with Gasteiger partial charge < -0.3 is 14.0 Å². The van der Waals surface area contributed by atoms with Crippen LogP contribution in [0.25, 0.3) is 11.0 Å². The van der Waals surface area contributed by atoms with Crippen molar-refractivity contribution in [3.63, 3.8) is 0 Å². The number of carbonyl (C=O) groups excluding carboxylic acids is 1. The molecule has 1 fully saturated rings. The number of carbonyl (C=O) groups is 1. The highest BCUT2D eigenvalue weighted by Gasteiger charge is 2.28. The number of benzene rings is 1. The molecule has 0 bridgehead atoms. The van der Waals surface area contributed by atoms with Gasteiger partial charge in [0.15, 0.2) is 5.82 Å². The van der Waals surface area contributed by atoms with Crippen molar-refractivity contribution in [2.45, 2.75) is 51.5 Å². The van der Waals surface area contributed by atoms with Crippen LogP contribution in [0.2, 0.25) is 0 Å². The predicted molar refractivity (Wildman–Crippen MR) is 101 cm³/mol. The molecule has 142 valence electrons. The third-order valence-corrected chi connectivity index (χ3v) is 5.19. The molecule has 1 atom stereocenters. The molecule has 1 aromatic carbocycles. The lowest BCUT2D eigenvalue weighted by molar-refractivity contribution is -0.132. The van der Waals surface area contributed by atoms with Crippen molar-refractivity contribution in [3.05, 3.63) is 42.3 Å². The molecule has 7 heteroatoms. The summed E-state index contributed by atoms with van der Waals surface area (Å²) >= 11 is 0. The second-order valence-corrected chi connectivity index (χ2v) is 7.50. The summed E-state index contributed by atoms with van der Waals surface area (Å²) in [6.07, 6.45) is 4.22. The normalized spacial score (nSPS) is 17.7. The Kier molecular flexibility index (Phi) is 4.92. The van der Waals surface area contributed by atoms with Crippen LogP contribution >= 0.6 is 0 Å². The SMILES string of the molecule is CC(C)c1noc(C2CCCN(C(=O)CCn3cnc4ccccc43)C2)n1. The van der Waals surface area contributed by atoms with Crippen molar-refractivity contribution in [1.82, 2.24) is 24.6 Å². The molecule has 7 nitrogen and oxygen atoms in total. The smallest absolute Gasteiger partial charge is 0.231 e. The molecular formula is C20H25N5O2. The fraction of sp³-hybridized carbons (Fsp3) is 0.500. The van der Waals surface area contributed by atoms with Crippen LogP contribution in [0.3, 0.4) is 0 Å². The zero-order valence-corrected chi connectivity index (χ0v) is 15.8. The summed E-state index contributed by atoms with van der Waals surface area (Å²) in [6.45, 7) is 6.18. The van der Waals surface area contributed by atoms with Crippen LogP contribution in [0.15, 0.2) is 35.1 Å². The molecule has 0 saturated carbocycles. The topological polar surface area (TPSA) is 77.0 Å². The molecule has 3 heterocycles. The molecule has 4 rings (SSSR count). The van der Waals surface area contributed by atoms with Crippen LogP contribution in [-0.4, -0.2) is 43.6 Å². The number of aromatic nitrogens is 4. The van der Waals surface area contributed by atoms with Gasteiger partial charge in [0.1, 0.15) is 0 Å². The third kappa shape index (κ3) is 3.72. The number of rotatable bonds is 5. The summed E-state index contributed by atoms with van der Waals surface area (Å²) in [5.74, 6) is 1.95.